The van der Waals surface area contributed by atoms with Crippen molar-refractivity contribution in [2.24, 2.45) is 0 Å². The zero-order valence-corrected chi connectivity index (χ0v) is 12.5. The van der Waals surface area contributed by atoms with Crippen LogP contribution in [0.1, 0.15) is 31.2 Å². The lowest BCUT2D eigenvalue weighted by molar-refractivity contribution is -0.131. The highest BCUT2D eigenvalue weighted by molar-refractivity contribution is 6.30. The van der Waals surface area contributed by atoms with Gasteiger partial charge in [-0.25, -0.2) is 0 Å². The molecular formula is C15H19Cl2NO. The molecule has 19 heavy (non-hydrogen) atoms. The number of rotatable bonds is 5. The quantitative estimate of drug-likeness (QED) is 0.755. The molecule has 0 aromatic heterocycles. The van der Waals surface area contributed by atoms with Crippen LogP contribution in [0, 0.1) is 0 Å². The molecule has 0 N–H and O–H groups in total. The van der Waals surface area contributed by atoms with E-state index >= 15 is 0 Å². The molecule has 0 aliphatic carbocycles. The van der Waals surface area contributed by atoms with Crippen molar-refractivity contribution in [3.8, 4) is 0 Å². The molecule has 0 spiro atoms. The third kappa shape index (κ3) is 4.12. The van der Waals surface area contributed by atoms with Gasteiger partial charge in [0, 0.05) is 23.5 Å². The maximum atomic E-state index is 12.3. The molecule has 1 heterocycles. The number of carbonyl (C=O) groups excluding carboxylic acids is 1. The van der Waals surface area contributed by atoms with Crippen molar-refractivity contribution in [3.05, 3.63) is 34.9 Å². The van der Waals surface area contributed by atoms with Crippen LogP contribution < -0.4 is 0 Å². The number of alkyl halides is 1. The molecule has 2 nitrogen and oxygen atoms in total. The molecule has 1 aliphatic rings. The third-order valence-corrected chi connectivity index (χ3v) is 4.16. The van der Waals surface area contributed by atoms with E-state index < -0.39 is 0 Å². The Labute approximate surface area is 124 Å². The Morgan fingerprint density at radius 3 is 2.74 bits per heavy atom. The van der Waals surface area contributed by atoms with E-state index in [2.05, 4.69) is 0 Å². The van der Waals surface area contributed by atoms with Gasteiger partial charge in [-0.1, -0.05) is 23.7 Å². The van der Waals surface area contributed by atoms with Gasteiger partial charge in [-0.3, -0.25) is 4.79 Å². The molecular weight excluding hydrogens is 281 g/mol. The minimum Gasteiger partial charge on any atom is -0.339 e. The summed E-state index contributed by atoms with van der Waals surface area (Å²) in [6.45, 7) is 0.888. The zero-order valence-electron chi connectivity index (χ0n) is 10.9. The maximum absolute atomic E-state index is 12.3. The molecule has 0 bridgehead atoms. The minimum absolute atomic E-state index is 0.222. The maximum Gasteiger partial charge on any atom is 0.227 e. The van der Waals surface area contributed by atoms with Crippen molar-refractivity contribution < 1.29 is 4.79 Å². The summed E-state index contributed by atoms with van der Waals surface area (Å²) in [7, 11) is 0. The number of hydrogen-bond donors (Lipinski definition) is 0. The van der Waals surface area contributed by atoms with Gasteiger partial charge < -0.3 is 4.90 Å². The summed E-state index contributed by atoms with van der Waals surface area (Å²) in [6.07, 6.45) is 4.70. The van der Waals surface area contributed by atoms with Gasteiger partial charge in [0.15, 0.2) is 0 Å². The lowest BCUT2D eigenvalue weighted by Crippen LogP contribution is -2.36. The summed E-state index contributed by atoms with van der Waals surface area (Å²) >= 11 is 11.6. The van der Waals surface area contributed by atoms with Crippen molar-refractivity contribution in [1.82, 2.24) is 4.90 Å². The molecule has 1 atom stereocenters. The number of nitrogens with zero attached hydrogens (tertiary/aromatic N) is 1. The number of benzene rings is 1. The van der Waals surface area contributed by atoms with Crippen molar-refractivity contribution in [2.45, 2.75) is 38.1 Å². The molecule has 1 fully saturated rings. The fourth-order valence-corrected chi connectivity index (χ4v) is 2.94. The number of likely N-dealkylation sites (tertiary alicyclic amines) is 1. The predicted molar refractivity (Wildman–Crippen MR) is 79.8 cm³/mol. The first-order valence-corrected chi connectivity index (χ1v) is 7.72. The normalized spacial score (nSPS) is 18.8. The SMILES string of the molecule is O=C(Cc1ccc(Cl)cc1)N1CCCC1CCCCl. The van der Waals surface area contributed by atoms with Crippen molar-refractivity contribution in [2.75, 3.05) is 12.4 Å². The summed E-state index contributed by atoms with van der Waals surface area (Å²) in [4.78, 5) is 14.4. The van der Waals surface area contributed by atoms with Gasteiger partial charge in [-0.05, 0) is 43.4 Å². The van der Waals surface area contributed by atoms with Crippen LogP contribution in [0.25, 0.3) is 0 Å². The van der Waals surface area contributed by atoms with Crippen molar-refractivity contribution >= 4 is 29.1 Å². The summed E-state index contributed by atoms with van der Waals surface area (Å²) in [6, 6.07) is 7.89. The first-order chi connectivity index (χ1) is 9.20. The molecule has 2 rings (SSSR count). The van der Waals surface area contributed by atoms with E-state index in [1.807, 2.05) is 29.2 Å². The Kier molecular flexibility index (Phi) is 5.53. The molecule has 104 valence electrons. The number of carbonyl (C=O) groups is 1. The molecule has 4 heteroatoms. The number of hydrogen-bond acceptors (Lipinski definition) is 1. The first-order valence-electron chi connectivity index (χ1n) is 6.80. The van der Waals surface area contributed by atoms with E-state index in [0.29, 0.717) is 23.4 Å². The van der Waals surface area contributed by atoms with E-state index in [1.165, 1.54) is 0 Å². The van der Waals surface area contributed by atoms with Crippen molar-refractivity contribution in [1.29, 1.82) is 0 Å². The van der Waals surface area contributed by atoms with Crippen LogP contribution in [0.4, 0.5) is 0 Å². The van der Waals surface area contributed by atoms with Gasteiger partial charge in [-0.15, -0.1) is 11.6 Å². The van der Waals surface area contributed by atoms with Crippen LogP contribution in [0.5, 0.6) is 0 Å². The molecule has 1 aromatic carbocycles. The molecule has 0 saturated carbocycles. The molecule has 1 aromatic rings. The zero-order chi connectivity index (χ0) is 13.7. The lowest BCUT2D eigenvalue weighted by atomic mass is 10.1. The van der Waals surface area contributed by atoms with Crippen LogP contribution in [-0.4, -0.2) is 29.3 Å². The Balaban J connectivity index is 1.93. The average Bonchev–Trinajstić information content (AvgIpc) is 2.87. The van der Waals surface area contributed by atoms with Gasteiger partial charge in [-0.2, -0.15) is 0 Å². The van der Waals surface area contributed by atoms with Gasteiger partial charge in [0.1, 0.15) is 0 Å². The standard InChI is InChI=1S/C15H19Cl2NO/c16-9-1-3-14-4-2-10-18(14)15(19)11-12-5-7-13(17)8-6-12/h5-8,14H,1-4,9-11H2. The summed E-state index contributed by atoms with van der Waals surface area (Å²) in [5.74, 6) is 0.898. The molecule has 1 aliphatic heterocycles. The van der Waals surface area contributed by atoms with E-state index in [0.717, 1.165) is 37.8 Å². The van der Waals surface area contributed by atoms with E-state index in [9.17, 15) is 4.79 Å². The second-order valence-corrected chi connectivity index (χ2v) is 5.83. The van der Waals surface area contributed by atoms with Crippen molar-refractivity contribution in [3.63, 3.8) is 0 Å². The largest absolute Gasteiger partial charge is 0.339 e. The summed E-state index contributed by atoms with van der Waals surface area (Å²) in [5.41, 5.74) is 1.03. The second-order valence-electron chi connectivity index (χ2n) is 5.02. The number of amides is 1. The van der Waals surface area contributed by atoms with E-state index in [4.69, 9.17) is 23.2 Å². The van der Waals surface area contributed by atoms with Gasteiger partial charge in [0.25, 0.3) is 0 Å². The minimum atomic E-state index is 0.222. The highest BCUT2D eigenvalue weighted by Gasteiger charge is 2.27. The third-order valence-electron chi connectivity index (χ3n) is 3.64. The van der Waals surface area contributed by atoms with Crippen LogP contribution in [0.3, 0.4) is 0 Å². The number of halogens is 2. The fraction of sp³-hybridized carbons (Fsp3) is 0.533. The Morgan fingerprint density at radius 2 is 2.05 bits per heavy atom. The Bertz CT molecular complexity index is 419. The van der Waals surface area contributed by atoms with Gasteiger partial charge in [0.2, 0.25) is 5.91 Å². The monoisotopic (exact) mass is 299 g/mol. The van der Waals surface area contributed by atoms with Crippen LogP contribution >= 0.6 is 23.2 Å². The molecule has 0 radical (unpaired) electrons. The highest BCUT2D eigenvalue weighted by Crippen LogP contribution is 2.23. The first kappa shape index (κ1) is 14.7. The van der Waals surface area contributed by atoms with Crippen LogP contribution in [0.15, 0.2) is 24.3 Å². The topological polar surface area (TPSA) is 20.3 Å². The van der Waals surface area contributed by atoms with Gasteiger partial charge in [0.05, 0.1) is 6.42 Å². The smallest absolute Gasteiger partial charge is 0.227 e. The Hall–Kier alpha value is -0.730. The molecule has 1 amide bonds. The highest BCUT2D eigenvalue weighted by atomic mass is 35.5. The lowest BCUT2D eigenvalue weighted by Gasteiger charge is -2.24. The molecule has 1 unspecified atom stereocenters. The summed E-state index contributed by atoms with van der Waals surface area (Å²) in [5, 5.41) is 0.706. The van der Waals surface area contributed by atoms with Crippen LogP contribution in [0.2, 0.25) is 5.02 Å². The van der Waals surface area contributed by atoms with E-state index in [-0.39, 0.29) is 5.91 Å². The van der Waals surface area contributed by atoms with Crippen LogP contribution in [-0.2, 0) is 11.2 Å². The second kappa shape index (κ2) is 7.16. The van der Waals surface area contributed by atoms with Gasteiger partial charge >= 0.3 is 0 Å². The van der Waals surface area contributed by atoms with E-state index in [1.54, 1.807) is 0 Å². The Morgan fingerprint density at radius 1 is 1.32 bits per heavy atom. The summed E-state index contributed by atoms with van der Waals surface area (Å²) < 4.78 is 0. The fourth-order valence-electron chi connectivity index (χ4n) is 2.66. The average molecular weight is 300 g/mol. The predicted octanol–water partition coefficient (Wildman–Crippen LogP) is 3.89. The molecule has 1 saturated heterocycles.